The van der Waals surface area contributed by atoms with E-state index in [1.165, 1.54) is 33.4 Å². The number of pyridine rings is 2. The van der Waals surface area contributed by atoms with Gasteiger partial charge in [-0.1, -0.05) is 12.1 Å². The van der Waals surface area contributed by atoms with Crippen LogP contribution in [-0.2, 0) is 29.9 Å². The van der Waals surface area contributed by atoms with Gasteiger partial charge in [0.25, 0.3) is 0 Å². The molecule has 0 aliphatic carbocycles. The number of aromatic nitrogens is 2. The van der Waals surface area contributed by atoms with Crippen molar-refractivity contribution in [3.8, 4) is 11.4 Å². The summed E-state index contributed by atoms with van der Waals surface area (Å²) in [4.78, 5) is 8.37. The van der Waals surface area contributed by atoms with Crippen LogP contribution in [0.2, 0.25) is 0 Å². The van der Waals surface area contributed by atoms with Gasteiger partial charge in [0.05, 0.1) is 11.4 Å². The maximum absolute atomic E-state index is 8.52. The Kier molecular flexibility index (Phi) is 14.2. The van der Waals surface area contributed by atoms with Crippen molar-refractivity contribution in [2.45, 2.75) is 41.5 Å². The third-order valence-corrected chi connectivity index (χ3v) is 4.97. The van der Waals surface area contributed by atoms with E-state index in [2.05, 4.69) is 51.5 Å². The van der Waals surface area contributed by atoms with Crippen LogP contribution in [0.5, 0.6) is 0 Å². The van der Waals surface area contributed by atoms with E-state index in [9.17, 15) is 0 Å². The second kappa shape index (κ2) is 14.1. The minimum Gasteiger partial charge on any atom is -0.759 e. The predicted octanol–water partition coefficient (Wildman–Crippen LogP) is 3.52. The van der Waals surface area contributed by atoms with Gasteiger partial charge < -0.3 is 14.6 Å². The molecule has 0 atom stereocenters. The molecule has 0 saturated carbocycles. The molecule has 0 bridgehead atoms. The Balaban J connectivity index is 0. The first-order chi connectivity index (χ1) is 13.4. The molecule has 2 heterocycles. The fraction of sp³-hybridized carbons (Fsp3) is 0.273. The molecule has 0 aliphatic rings. The van der Waals surface area contributed by atoms with Crippen LogP contribution < -0.4 is 0 Å². The summed E-state index contributed by atoms with van der Waals surface area (Å²) in [5.74, 6) is 0. The Hall–Kier alpha value is -2.03. The predicted molar refractivity (Wildman–Crippen MR) is 116 cm³/mol. The third kappa shape index (κ3) is 10.7. The van der Waals surface area contributed by atoms with Crippen LogP contribution in [0.25, 0.3) is 11.4 Å². The normalized spacial score (nSPS) is 9.68. The first-order valence-electron chi connectivity index (χ1n) is 8.96. The molecule has 9 heteroatoms. The summed E-state index contributed by atoms with van der Waals surface area (Å²) in [6, 6.07) is 11.6. The largest absolute Gasteiger partial charge is 2.00 e. The van der Waals surface area contributed by atoms with Crippen molar-refractivity contribution in [1.29, 1.82) is 0 Å². The smallest absolute Gasteiger partial charge is 0.759 e. The van der Waals surface area contributed by atoms with Crippen molar-refractivity contribution in [2.24, 2.45) is 0 Å². The van der Waals surface area contributed by atoms with Crippen LogP contribution in [0.3, 0.4) is 0 Å². The van der Waals surface area contributed by atoms with Crippen molar-refractivity contribution < 1.29 is 42.5 Å². The van der Waals surface area contributed by atoms with E-state index in [-0.39, 0.29) is 25.0 Å². The summed E-state index contributed by atoms with van der Waals surface area (Å²) in [5.41, 5.74) is 10.6. The average Bonchev–Trinajstić information content (AvgIpc) is 2.70. The minimum absolute atomic E-state index is 0. The number of benzene rings is 1. The van der Waals surface area contributed by atoms with Gasteiger partial charge in [-0.15, -0.1) is 0 Å². The molecule has 1 aromatic carbocycles. The molecule has 0 amide bonds. The zero-order chi connectivity index (χ0) is 22.2. The van der Waals surface area contributed by atoms with Crippen LogP contribution >= 0.6 is 0 Å². The summed E-state index contributed by atoms with van der Waals surface area (Å²) in [5, 5.41) is 0. The van der Waals surface area contributed by atoms with E-state index in [1.54, 1.807) is 12.4 Å². The summed E-state index contributed by atoms with van der Waals surface area (Å²) < 4.78 is 34.1. The van der Waals surface area contributed by atoms with E-state index >= 15 is 0 Å². The molecule has 0 fully saturated rings. The molecular formula is C22H28N2O5RuS. The van der Waals surface area contributed by atoms with Gasteiger partial charge in [-0.2, -0.15) is 0 Å². The molecule has 0 aliphatic heterocycles. The molecular weight excluding hydrogens is 505 g/mol. The van der Waals surface area contributed by atoms with Crippen molar-refractivity contribution in [3.63, 3.8) is 0 Å². The van der Waals surface area contributed by atoms with E-state index in [0.717, 1.165) is 11.4 Å². The SMILES string of the molecule is Cc1c(C)c(C)c(C)c(C)c1C.O.O=S(=O)([O-])[O-].[Ru+2].c1ccc(-c2ccccn2)nc1. The van der Waals surface area contributed by atoms with E-state index in [0.29, 0.717) is 0 Å². The number of rotatable bonds is 1. The number of hydrogen-bond donors (Lipinski definition) is 0. The number of nitrogens with zero attached hydrogens (tertiary/aromatic N) is 2. The van der Waals surface area contributed by atoms with Crippen molar-refractivity contribution in [1.82, 2.24) is 9.97 Å². The maximum Gasteiger partial charge on any atom is 2.00 e. The third-order valence-electron chi connectivity index (χ3n) is 4.97. The minimum atomic E-state index is -5.17. The molecule has 0 spiro atoms. The van der Waals surface area contributed by atoms with Crippen LogP contribution in [-0.4, -0.2) is 33.0 Å². The quantitative estimate of drug-likeness (QED) is 0.267. The van der Waals surface area contributed by atoms with E-state index < -0.39 is 10.4 Å². The van der Waals surface area contributed by atoms with Crippen molar-refractivity contribution in [3.05, 3.63) is 82.2 Å². The molecule has 0 unspecified atom stereocenters. The Morgan fingerprint density at radius 2 is 0.839 bits per heavy atom. The standard InChI is InChI=1S/C12H18.C10H8N2.H2O4S.H2O.Ru/c1-7-8(2)10(4)12(6)11(5)9(7)3;1-3-7-11-9(5-1)10-6-2-4-8-12-10;1-5(2,3)4;;/h1-6H3;1-8H;(H2,1,2,3,4);1H2;/q;;;;+2/p-2. The Bertz CT molecular complexity index is 894. The van der Waals surface area contributed by atoms with Gasteiger partial charge in [-0.3, -0.25) is 18.4 Å². The van der Waals surface area contributed by atoms with Gasteiger partial charge in [0, 0.05) is 22.8 Å². The van der Waals surface area contributed by atoms with Gasteiger partial charge in [0.1, 0.15) is 0 Å². The van der Waals surface area contributed by atoms with Crippen molar-refractivity contribution in [2.75, 3.05) is 0 Å². The van der Waals surface area contributed by atoms with Crippen LogP contribution in [0.4, 0.5) is 0 Å². The van der Waals surface area contributed by atoms with Crippen molar-refractivity contribution >= 4 is 10.4 Å². The zero-order valence-corrected chi connectivity index (χ0v) is 21.0. The maximum atomic E-state index is 8.52. The van der Waals surface area contributed by atoms with Crippen LogP contribution in [0.15, 0.2) is 48.8 Å². The average molecular weight is 534 g/mol. The summed E-state index contributed by atoms with van der Waals surface area (Å²) in [6.45, 7) is 13.3. The number of hydrogen-bond acceptors (Lipinski definition) is 6. The van der Waals surface area contributed by atoms with E-state index in [1.807, 2.05) is 36.4 Å². The van der Waals surface area contributed by atoms with Crippen LogP contribution in [0, 0.1) is 41.5 Å². The topological polar surface area (TPSA) is 138 Å². The molecule has 0 radical (unpaired) electrons. The molecule has 2 aromatic heterocycles. The molecule has 3 rings (SSSR count). The van der Waals surface area contributed by atoms with Gasteiger partial charge in [0.2, 0.25) is 0 Å². The summed E-state index contributed by atoms with van der Waals surface area (Å²) in [7, 11) is -5.17. The molecule has 170 valence electrons. The monoisotopic (exact) mass is 534 g/mol. The van der Waals surface area contributed by atoms with Gasteiger partial charge >= 0.3 is 19.5 Å². The molecule has 3 aromatic rings. The first-order valence-corrected chi connectivity index (χ1v) is 10.3. The molecule has 31 heavy (non-hydrogen) atoms. The Morgan fingerprint density at radius 1 is 0.613 bits per heavy atom. The zero-order valence-electron chi connectivity index (χ0n) is 18.4. The second-order valence-corrected chi connectivity index (χ2v) is 7.40. The fourth-order valence-electron chi connectivity index (χ4n) is 2.72. The molecule has 0 saturated heterocycles. The Labute approximate surface area is 197 Å². The Morgan fingerprint density at radius 3 is 1.00 bits per heavy atom. The van der Waals surface area contributed by atoms with E-state index in [4.69, 9.17) is 17.5 Å². The molecule has 7 nitrogen and oxygen atoms in total. The first kappa shape index (κ1) is 31.2. The van der Waals surface area contributed by atoms with Crippen LogP contribution in [0.1, 0.15) is 33.4 Å². The van der Waals surface area contributed by atoms with Gasteiger partial charge in [0.15, 0.2) is 0 Å². The van der Waals surface area contributed by atoms with Gasteiger partial charge in [-0.05, 0) is 99.2 Å². The second-order valence-electron chi connectivity index (χ2n) is 6.59. The summed E-state index contributed by atoms with van der Waals surface area (Å²) >= 11 is 0. The van der Waals surface area contributed by atoms with Gasteiger partial charge in [-0.25, -0.2) is 0 Å². The fourth-order valence-corrected chi connectivity index (χ4v) is 2.72. The molecule has 2 N–H and O–H groups in total. The summed E-state index contributed by atoms with van der Waals surface area (Å²) in [6.07, 6.45) is 3.54.